The molecule has 2 aromatic rings. The Hall–Kier alpha value is -1.31. The van der Waals surface area contributed by atoms with Gasteiger partial charge in [0.05, 0.1) is 18.8 Å². The van der Waals surface area contributed by atoms with E-state index in [9.17, 15) is 0 Å². The summed E-state index contributed by atoms with van der Waals surface area (Å²) in [6, 6.07) is 4.35. The second-order valence-electron chi connectivity index (χ2n) is 7.00. The van der Waals surface area contributed by atoms with Crippen molar-refractivity contribution in [3.8, 4) is 0 Å². The second-order valence-corrected chi connectivity index (χ2v) is 8.07. The molecule has 2 saturated heterocycles. The minimum absolute atomic E-state index is 0.343. The summed E-state index contributed by atoms with van der Waals surface area (Å²) in [6.45, 7) is 5.61. The number of aromatic nitrogens is 3. The van der Waals surface area contributed by atoms with Crippen LogP contribution in [0.4, 0.5) is 0 Å². The molecule has 25 heavy (non-hydrogen) atoms. The Kier molecular flexibility index (Phi) is 5.43. The van der Waals surface area contributed by atoms with Crippen molar-refractivity contribution >= 4 is 11.8 Å². The van der Waals surface area contributed by atoms with Gasteiger partial charge in [0.2, 0.25) is 0 Å². The van der Waals surface area contributed by atoms with Crippen molar-refractivity contribution in [3.05, 3.63) is 30.0 Å². The molecule has 0 saturated carbocycles. The first-order valence-corrected chi connectivity index (χ1v) is 10.3. The summed E-state index contributed by atoms with van der Waals surface area (Å²) in [5, 5.41) is 10.0. The summed E-state index contributed by atoms with van der Waals surface area (Å²) in [6.07, 6.45) is 6.80. The molecule has 2 fully saturated rings. The predicted molar refractivity (Wildman–Crippen MR) is 98.5 cm³/mol. The van der Waals surface area contributed by atoms with Crippen LogP contribution in [0.3, 0.4) is 0 Å². The fourth-order valence-electron chi connectivity index (χ4n) is 3.92. The monoisotopic (exact) mass is 361 g/mol. The third-order valence-electron chi connectivity index (χ3n) is 5.31. The fraction of sp³-hybridized carbons (Fsp3) is 0.667. The summed E-state index contributed by atoms with van der Waals surface area (Å²) < 4.78 is 7.72. The van der Waals surface area contributed by atoms with Crippen molar-refractivity contribution in [1.82, 2.24) is 24.6 Å². The third kappa shape index (κ3) is 3.93. The molecule has 0 amide bonds. The number of hydrogen-bond acceptors (Lipinski definition) is 6. The highest BCUT2D eigenvalue weighted by molar-refractivity contribution is 7.99. The standard InChI is InChI=1S/C18H27N5OS/c1-21-17(16-7-4-10-23(16)14-15-6-5-12-24-15)19-20-18(21)25-13-11-22-8-2-3-9-22/h5-6,12,16H,2-4,7-11,13-14H2,1H3. The van der Waals surface area contributed by atoms with Crippen molar-refractivity contribution in [3.63, 3.8) is 0 Å². The Morgan fingerprint density at radius 2 is 2.08 bits per heavy atom. The average molecular weight is 362 g/mol. The highest BCUT2D eigenvalue weighted by Gasteiger charge is 2.31. The van der Waals surface area contributed by atoms with E-state index in [0.717, 1.165) is 48.5 Å². The summed E-state index contributed by atoms with van der Waals surface area (Å²) in [7, 11) is 2.11. The second kappa shape index (κ2) is 7.93. The van der Waals surface area contributed by atoms with Gasteiger partial charge in [0.25, 0.3) is 0 Å². The topological polar surface area (TPSA) is 50.3 Å². The van der Waals surface area contributed by atoms with Crippen LogP contribution in [-0.2, 0) is 13.6 Å². The zero-order valence-electron chi connectivity index (χ0n) is 14.9. The Morgan fingerprint density at radius 3 is 2.88 bits per heavy atom. The Balaban J connectivity index is 1.37. The molecule has 1 atom stereocenters. The molecule has 2 aliphatic heterocycles. The summed E-state index contributed by atoms with van der Waals surface area (Å²) in [4.78, 5) is 5.01. The maximum absolute atomic E-state index is 5.52. The molecule has 0 spiro atoms. The van der Waals surface area contributed by atoms with Gasteiger partial charge in [-0.05, 0) is 57.5 Å². The lowest BCUT2D eigenvalue weighted by molar-refractivity contribution is 0.217. The van der Waals surface area contributed by atoms with Crippen LogP contribution in [0.15, 0.2) is 28.0 Å². The van der Waals surface area contributed by atoms with Gasteiger partial charge < -0.3 is 13.9 Å². The van der Waals surface area contributed by atoms with Crippen LogP contribution in [-0.4, -0.2) is 56.5 Å². The SMILES string of the molecule is Cn1c(SCCN2CCCC2)nnc1C1CCCN1Cc1ccco1. The van der Waals surface area contributed by atoms with Gasteiger partial charge in [0.15, 0.2) is 11.0 Å². The number of thioether (sulfide) groups is 1. The molecule has 136 valence electrons. The van der Waals surface area contributed by atoms with Gasteiger partial charge in [-0.2, -0.15) is 0 Å². The number of rotatable bonds is 7. The number of nitrogens with zero attached hydrogens (tertiary/aromatic N) is 5. The Morgan fingerprint density at radius 1 is 1.20 bits per heavy atom. The molecule has 0 N–H and O–H groups in total. The average Bonchev–Trinajstić information content (AvgIpc) is 3.38. The molecule has 6 nitrogen and oxygen atoms in total. The third-order valence-corrected chi connectivity index (χ3v) is 6.31. The van der Waals surface area contributed by atoms with Crippen LogP contribution in [0, 0.1) is 0 Å². The maximum atomic E-state index is 5.52. The molecule has 2 aromatic heterocycles. The largest absolute Gasteiger partial charge is 0.468 e. The van der Waals surface area contributed by atoms with Gasteiger partial charge in [-0.1, -0.05) is 11.8 Å². The normalized spacial score (nSPS) is 22.2. The van der Waals surface area contributed by atoms with Crippen LogP contribution in [0.1, 0.15) is 43.3 Å². The molecule has 0 bridgehead atoms. The van der Waals surface area contributed by atoms with Gasteiger partial charge in [0, 0.05) is 19.3 Å². The van der Waals surface area contributed by atoms with Crippen molar-refractivity contribution in [1.29, 1.82) is 0 Å². The number of furan rings is 1. The van der Waals surface area contributed by atoms with E-state index in [4.69, 9.17) is 4.42 Å². The minimum atomic E-state index is 0.343. The van der Waals surface area contributed by atoms with Crippen LogP contribution >= 0.6 is 11.8 Å². The van der Waals surface area contributed by atoms with E-state index in [-0.39, 0.29) is 0 Å². The molecule has 0 aromatic carbocycles. The smallest absolute Gasteiger partial charge is 0.191 e. The first kappa shape index (κ1) is 17.1. The molecule has 7 heteroatoms. The van der Waals surface area contributed by atoms with E-state index in [0.29, 0.717) is 6.04 Å². The summed E-state index contributed by atoms with van der Waals surface area (Å²) in [5.41, 5.74) is 0. The van der Waals surface area contributed by atoms with E-state index >= 15 is 0 Å². The van der Waals surface area contributed by atoms with Gasteiger partial charge in [0.1, 0.15) is 5.76 Å². The highest BCUT2D eigenvalue weighted by atomic mass is 32.2. The molecule has 1 unspecified atom stereocenters. The lowest BCUT2D eigenvalue weighted by Crippen LogP contribution is -2.24. The molecule has 2 aliphatic rings. The van der Waals surface area contributed by atoms with Crippen LogP contribution in [0.2, 0.25) is 0 Å². The van der Waals surface area contributed by atoms with E-state index in [1.165, 1.54) is 32.4 Å². The highest BCUT2D eigenvalue weighted by Crippen LogP contribution is 2.33. The molecular formula is C18H27N5OS. The number of likely N-dealkylation sites (tertiary alicyclic amines) is 2. The van der Waals surface area contributed by atoms with Gasteiger partial charge in [-0.3, -0.25) is 4.90 Å². The van der Waals surface area contributed by atoms with Crippen molar-refractivity contribution in [2.75, 3.05) is 31.9 Å². The van der Waals surface area contributed by atoms with Crippen LogP contribution in [0.25, 0.3) is 0 Å². The molecule has 4 heterocycles. The molecule has 0 aliphatic carbocycles. The van der Waals surface area contributed by atoms with E-state index < -0.39 is 0 Å². The van der Waals surface area contributed by atoms with E-state index in [1.807, 2.05) is 23.9 Å². The first-order valence-electron chi connectivity index (χ1n) is 9.32. The summed E-state index contributed by atoms with van der Waals surface area (Å²) in [5.74, 6) is 3.20. The Bertz CT molecular complexity index is 665. The van der Waals surface area contributed by atoms with Gasteiger partial charge >= 0.3 is 0 Å². The zero-order chi connectivity index (χ0) is 17.1. The molecule has 0 radical (unpaired) electrons. The van der Waals surface area contributed by atoms with Crippen LogP contribution < -0.4 is 0 Å². The van der Waals surface area contributed by atoms with Crippen molar-refractivity contribution < 1.29 is 4.42 Å². The quantitative estimate of drug-likeness (QED) is 0.707. The maximum Gasteiger partial charge on any atom is 0.191 e. The minimum Gasteiger partial charge on any atom is -0.468 e. The molecule has 4 rings (SSSR count). The Labute approximate surface area is 153 Å². The van der Waals surface area contributed by atoms with Crippen molar-refractivity contribution in [2.45, 2.75) is 43.4 Å². The lowest BCUT2D eigenvalue weighted by Gasteiger charge is -2.22. The van der Waals surface area contributed by atoms with Crippen LogP contribution in [0.5, 0.6) is 0 Å². The van der Waals surface area contributed by atoms with Crippen molar-refractivity contribution in [2.24, 2.45) is 7.05 Å². The zero-order valence-corrected chi connectivity index (χ0v) is 15.7. The van der Waals surface area contributed by atoms with Gasteiger partial charge in [-0.25, -0.2) is 0 Å². The molecular weight excluding hydrogens is 334 g/mol. The summed E-state index contributed by atoms with van der Waals surface area (Å²) >= 11 is 1.83. The first-order chi connectivity index (χ1) is 12.3. The predicted octanol–water partition coefficient (Wildman–Crippen LogP) is 2.93. The van der Waals surface area contributed by atoms with E-state index in [2.05, 4.69) is 31.6 Å². The van der Waals surface area contributed by atoms with Gasteiger partial charge in [-0.15, -0.1) is 10.2 Å². The fourth-order valence-corrected chi connectivity index (χ4v) is 4.84. The number of hydrogen-bond donors (Lipinski definition) is 0. The lowest BCUT2D eigenvalue weighted by atomic mass is 10.2. The van der Waals surface area contributed by atoms with E-state index in [1.54, 1.807) is 6.26 Å².